The molecule has 0 fully saturated rings. The van der Waals surface area contributed by atoms with Gasteiger partial charge in [-0.25, -0.2) is 4.98 Å². The second-order valence-corrected chi connectivity index (χ2v) is 10.5. The van der Waals surface area contributed by atoms with E-state index in [1.165, 1.54) is 0 Å². The Morgan fingerprint density at radius 2 is 1.68 bits per heavy atom. The van der Waals surface area contributed by atoms with Crippen LogP contribution in [0.2, 0.25) is 0 Å². The number of amides is 1. The second kappa shape index (κ2) is 11.8. The predicted molar refractivity (Wildman–Crippen MR) is 151 cm³/mol. The number of aromatic nitrogens is 3. The summed E-state index contributed by atoms with van der Waals surface area (Å²) in [5, 5.41) is 19.9. The van der Waals surface area contributed by atoms with Crippen LogP contribution in [0.4, 0.5) is 5.82 Å². The summed E-state index contributed by atoms with van der Waals surface area (Å²) in [5.41, 5.74) is 4.56. The van der Waals surface area contributed by atoms with E-state index in [4.69, 9.17) is 5.26 Å². The van der Waals surface area contributed by atoms with Crippen LogP contribution in [0.5, 0.6) is 0 Å². The van der Waals surface area contributed by atoms with Crippen molar-refractivity contribution in [3.8, 4) is 17.2 Å². The first kappa shape index (κ1) is 26.8. The summed E-state index contributed by atoms with van der Waals surface area (Å²) in [6.45, 7) is 9.63. The molecule has 2 aromatic carbocycles. The molecule has 4 rings (SSSR count). The van der Waals surface area contributed by atoms with Crippen LogP contribution < -0.4 is 10.6 Å². The smallest absolute Gasteiger partial charge is 0.234 e. The SMILES string of the molecule is C[C@H](CNCC(C(=O)Nc1ccc(-c2cnn(C(C)(C)C)c2)cn1)c1ccccc1)c1ccc(C#N)cc1. The maximum Gasteiger partial charge on any atom is 0.234 e. The minimum atomic E-state index is -0.379. The van der Waals surface area contributed by atoms with Gasteiger partial charge in [-0.2, -0.15) is 10.4 Å². The number of pyridine rings is 1. The van der Waals surface area contributed by atoms with Gasteiger partial charge in [0.15, 0.2) is 0 Å². The molecular formula is C31H34N6O. The lowest BCUT2D eigenvalue weighted by atomic mass is 9.96. The third-order valence-electron chi connectivity index (χ3n) is 6.54. The lowest BCUT2D eigenvalue weighted by Gasteiger charge is -2.20. The third kappa shape index (κ3) is 6.72. The molecule has 2 atom stereocenters. The highest BCUT2D eigenvalue weighted by molar-refractivity contribution is 5.95. The van der Waals surface area contributed by atoms with Crippen molar-refractivity contribution < 1.29 is 4.79 Å². The standard InChI is InChI=1S/C31H34N6O/c1-22(24-12-10-23(16-32)11-13-24)17-33-20-28(25-8-6-5-7-9-25)30(38)36-29-15-14-26(18-34-29)27-19-35-37(21-27)31(2,3)4/h5-15,18-19,21-22,28,33H,17,20H2,1-4H3,(H,34,36,38)/t22-,28?/m1/s1. The van der Waals surface area contributed by atoms with Gasteiger partial charge in [0.05, 0.1) is 29.3 Å². The number of carbonyl (C=O) groups excluding carboxylic acids is 1. The molecular weight excluding hydrogens is 472 g/mol. The van der Waals surface area contributed by atoms with E-state index in [2.05, 4.69) is 54.5 Å². The van der Waals surface area contributed by atoms with Gasteiger partial charge < -0.3 is 10.6 Å². The molecule has 0 saturated heterocycles. The topological polar surface area (TPSA) is 95.6 Å². The fourth-order valence-electron chi connectivity index (χ4n) is 4.19. The van der Waals surface area contributed by atoms with Crippen molar-refractivity contribution in [3.63, 3.8) is 0 Å². The summed E-state index contributed by atoms with van der Waals surface area (Å²) < 4.78 is 1.93. The highest BCUT2D eigenvalue weighted by Crippen LogP contribution is 2.23. The van der Waals surface area contributed by atoms with Crippen molar-refractivity contribution in [2.75, 3.05) is 18.4 Å². The zero-order valence-electron chi connectivity index (χ0n) is 22.3. The number of hydrogen-bond donors (Lipinski definition) is 2. The molecule has 0 spiro atoms. The maximum atomic E-state index is 13.4. The van der Waals surface area contributed by atoms with Gasteiger partial charge in [0.2, 0.25) is 5.91 Å². The molecule has 0 aliphatic heterocycles. The summed E-state index contributed by atoms with van der Waals surface area (Å²) in [4.78, 5) is 17.9. The predicted octanol–water partition coefficient (Wildman–Crippen LogP) is 5.69. The Balaban J connectivity index is 1.41. The summed E-state index contributed by atoms with van der Waals surface area (Å²) in [5.74, 6) is 0.249. The average molecular weight is 507 g/mol. The number of benzene rings is 2. The fraction of sp³-hybridized carbons (Fsp3) is 0.290. The van der Waals surface area contributed by atoms with E-state index in [1.807, 2.05) is 83.8 Å². The van der Waals surface area contributed by atoms with E-state index in [0.717, 1.165) is 22.3 Å². The monoisotopic (exact) mass is 506 g/mol. The number of anilines is 1. The number of carbonyl (C=O) groups is 1. The molecule has 7 heteroatoms. The number of nitrogens with zero attached hydrogens (tertiary/aromatic N) is 4. The third-order valence-corrected chi connectivity index (χ3v) is 6.54. The van der Waals surface area contributed by atoms with E-state index in [9.17, 15) is 4.79 Å². The van der Waals surface area contributed by atoms with Gasteiger partial charge in [0, 0.05) is 36.6 Å². The van der Waals surface area contributed by atoms with Crippen molar-refractivity contribution in [2.24, 2.45) is 0 Å². The molecule has 4 aromatic rings. The van der Waals surface area contributed by atoms with E-state index in [1.54, 1.807) is 6.20 Å². The normalized spacial score (nSPS) is 12.9. The van der Waals surface area contributed by atoms with E-state index in [-0.39, 0.29) is 23.3 Å². The van der Waals surface area contributed by atoms with Crippen LogP contribution in [-0.4, -0.2) is 33.8 Å². The molecule has 1 amide bonds. The van der Waals surface area contributed by atoms with Crippen LogP contribution in [0.1, 0.15) is 56.2 Å². The first-order chi connectivity index (χ1) is 18.2. The van der Waals surface area contributed by atoms with Gasteiger partial charge in [0.1, 0.15) is 5.82 Å². The van der Waals surface area contributed by atoms with Gasteiger partial charge in [0.25, 0.3) is 0 Å². The van der Waals surface area contributed by atoms with Crippen molar-refractivity contribution in [1.29, 1.82) is 5.26 Å². The Kier molecular flexibility index (Phi) is 8.35. The lowest BCUT2D eigenvalue weighted by molar-refractivity contribution is -0.117. The molecule has 38 heavy (non-hydrogen) atoms. The molecule has 0 saturated carbocycles. The largest absolute Gasteiger partial charge is 0.315 e. The highest BCUT2D eigenvalue weighted by Gasteiger charge is 2.21. The zero-order valence-corrected chi connectivity index (χ0v) is 22.3. The van der Waals surface area contributed by atoms with Gasteiger partial charge in [-0.3, -0.25) is 9.48 Å². The van der Waals surface area contributed by atoms with Gasteiger partial charge in [-0.1, -0.05) is 49.4 Å². The van der Waals surface area contributed by atoms with E-state index in [0.29, 0.717) is 24.5 Å². The molecule has 0 aliphatic carbocycles. The number of hydrogen-bond acceptors (Lipinski definition) is 5. The molecule has 2 aromatic heterocycles. The Hall–Kier alpha value is -4.28. The summed E-state index contributed by atoms with van der Waals surface area (Å²) in [7, 11) is 0. The Labute approximate surface area is 224 Å². The second-order valence-electron chi connectivity index (χ2n) is 10.5. The highest BCUT2D eigenvalue weighted by atomic mass is 16.2. The zero-order chi connectivity index (χ0) is 27.1. The molecule has 7 nitrogen and oxygen atoms in total. The molecule has 2 N–H and O–H groups in total. The quantitative estimate of drug-likeness (QED) is 0.304. The van der Waals surface area contributed by atoms with Crippen LogP contribution in [0.3, 0.4) is 0 Å². The molecule has 1 unspecified atom stereocenters. The van der Waals surface area contributed by atoms with Gasteiger partial charge >= 0.3 is 0 Å². The Morgan fingerprint density at radius 3 is 2.29 bits per heavy atom. The molecule has 194 valence electrons. The van der Waals surface area contributed by atoms with Crippen molar-refractivity contribution in [3.05, 3.63) is 102 Å². The van der Waals surface area contributed by atoms with E-state index < -0.39 is 0 Å². The first-order valence-electron chi connectivity index (χ1n) is 12.8. The molecule has 0 radical (unpaired) electrons. The maximum absolute atomic E-state index is 13.4. The summed E-state index contributed by atoms with van der Waals surface area (Å²) in [6, 6.07) is 23.3. The van der Waals surface area contributed by atoms with Gasteiger partial charge in [-0.15, -0.1) is 0 Å². The first-order valence-corrected chi connectivity index (χ1v) is 12.8. The fourth-order valence-corrected chi connectivity index (χ4v) is 4.19. The number of nitrogens with one attached hydrogen (secondary N) is 2. The molecule has 0 bridgehead atoms. The molecule has 2 heterocycles. The minimum Gasteiger partial charge on any atom is -0.315 e. The van der Waals surface area contributed by atoms with Gasteiger partial charge in [-0.05, 0) is 62.1 Å². The summed E-state index contributed by atoms with van der Waals surface area (Å²) >= 11 is 0. The minimum absolute atomic E-state index is 0.0973. The van der Waals surface area contributed by atoms with Crippen LogP contribution in [-0.2, 0) is 10.3 Å². The van der Waals surface area contributed by atoms with E-state index >= 15 is 0 Å². The number of rotatable bonds is 9. The van der Waals surface area contributed by atoms with Crippen molar-refractivity contribution >= 4 is 11.7 Å². The Bertz CT molecular complexity index is 1380. The van der Waals surface area contributed by atoms with Crippen LogP contribution in [0.25, 0.3) is 11.1 Å². The number of nitriles is 1. The van der Waals surface area contributed by atoms with Crippen LogP contribution in [0.15, 0.2) is 85.3 Å². The molecule has 0 aliphatic rings. The summed E-state index contributed by atoms with van der Waals surface area (Å²) in [6.07, 6.45) is 5.59. The van der Waals surface area contributed by atoms with Crippen molar-refractivity contribution in [2.45, 2.75) is 45.1 Å². The average Bonchev–Trinajstić information content (AvgIpc) is 3.43. The Morgan fingerprint density at radius 1 is 0.947 bits per heavy atom. The van der Waals surface area contributed by atoms with Crippen molar-refractivity contribution in [1.82, 2.24) is 20.1 Å². The van der Waals surface area contributed by atoms with Crippen LogP contribution >= 0.6 is 0 Å². The van der Waals surface area contributed by atoms with Crippen LogP contribution in [0, 0.1) is 11.3 Å². The lowest BCUT2D eigenvalue weighted by Crippen LogP contribution is -2.32.